The Labute approximate surface area is 107 Å². The van der Waals surface area contributed by atoms with Crippen molar-refractivity contribution in [2.24, 2.45) is 0 Å². The Hall–Kier alpha value is -1.05. The molecule has 17 heavy (non-hydrogen) atoms. The van der Waals surface area contributed by atoms with E-state index in [1.54, 1.807) is 0 Å². The molecule has 2 rings (SSSR count). The van der Waals surface area contributed by atoms with Gasteiger partial charge in [-0.15, -0.1) is 11.3 Å². The Morgan fingerprint density at radius 1 is 1.53 bits per heavy atom. The molecular formula is C13H20N2OS. The van der Waals surface area contributed by atoms with Crippen molar-refractivity contribution < 1.29 is 5.11 Å². The summed E-state index contributed by atoms with van der Waals surface area (Å²) in [6, 6.07) is 2.17. The second kappa shape index (κ2) is 5.52. The predicted molar refractivity (Wildman–Crippen MR) is 72.2 cm³/mol. The summed E-state index contributed by atoms with van der Waals surface area (Å²) in [4.78, 5) is 1.19. The zero-order valence-electron chi connectivity index (χ0n) is 10.7. The summed E-state index contributed by atoms with van der Waals surface area (Å²) in [5, 5.41) is 19.2. The molecule has 94 valence electrons. The Kier molecular flexibility index (Phi) is 4.55. The first kappa shape index (κ1) is 14.0. The zero-order valence-corrected chi connectivity index (χ0v) is 11.5. The van der Waals surface area contributed by atoms with Gasteiger partial charge >= 0.3 is 0 Å². The third kappa shape index (κ3) is 2.31. The summed E-state index contributed by atoms with van der Waals surface area (Å²) < 4.78 is 0. The van der Waals surface area contributed by atoms with Gasteiger partial charge < -0.3 is 10.8 Å². The average Bonchev–Trinajstić information content (AvgIpc) is 2.69. The highest BCUT2D eigenvalue weighted by molar-refractivity contribution is 7.16. The van der Waals surface area contributed by atoms with Crippen LogP contribution in [0.15, 0.2) is 0 Å². The van der Waals surface area contributed by atoms with Crippen molar-refractivity contribution in [3.63, 3.8) is 0 Å². The zero-order chi connectivity index (χ0) is 13.1. The third-order valence-corrected chi connectivity index (χ3v) is 4.28. The molecule has 1 unspecified atom stereocenters. The minimum atomic E-state index is -0.271. The van der Waals surface area contributed by atoms with Crippen LogP contribution in [0.3, 0.4) is 0 Å². The molecule has 0 spiro atoms. The maximum atomic E-state index is 9.48. The average molecular weight is 252 g/mol. The fourth-order valence-corrected chi connectivity index (χ4v) is 3.56. The van der Waals surface area contributed by atoms with Crippen LogP contribution in [-0.4, -0.2) is 11.7 Å². The van der Waals surface area contributed by atoms with E-state index in [4.69, 9.17) is 11.0 Å². The van der Waals surface area contributed by atoms with Gasteiger partial charge in [0.1, 0.15) is 11.1 Å². The van der Waals surface area contributed by atoms with Crippen LogP contribution in [-0.2, 0) is 11.8 Å². The molecule has 0 bridgehead atoms. The fourth-order valence-electron chi connectivity index (χ4n) is 2.35. The van der Waals surface area contributed by atoms with Crippen molar-refractivity contribution in [1.82, 2.24) is 0 Å². The Morgan fingerprint density at radius 2 is 2.18 bits per heavy atom. The molecule has 1 heterocycles. The SMILES string of the molecule is CC.CC1(CO)CCCc2sc(N)c(C#N)c21. The van der Waals surface area contributed by atoms with E-state index in [1.165, 1.54) is 16.2 Å². The number of aryl methyl sites for hydroxylation is 1. The van der Waals surface area contributed by atoms with Crippen molar-refractivity contribution in [1.29, 1.82) is 5.26 Å². The van der Waals surface area contributed by atoms with Gasteiger partial charge in [0.05, 0.1) is 12.2 Å². The predicted octanol–water partition coefficient (Wildman–Crippen LogP) is 2.81. The largest absolute Gasteiger partial charge is 0.395 e. The second-order valence-electron chi connectivity index (χ2n) is 4.32. The second-order valence-corrected chi connectivity index (χ2v) is 5.46. The monoisotopic (exact) mass is 252 g/mol. The first-order chi connectivity index (χ1) is 8.12. The summed E-state index contributed by atoms with van der Waals surface area (Å²) >= 11 is 1.50. The summed E-state index contributed by atoms with van der Waals surface area (Å²) in [5.41, 5.74) is 7.14. The minimum absolute atomic E-state index is 0.0881. The molecule has 0 amide bonds. The van der Waals surface area contributed by atoms with Gasteiger partial charge in [-0.1, -0.05) is 20.8 Å². The number of fused-ring (bicyclic) bond motifs is 1. The molecule has 0 saturated heterocycles. The highest BCUT2D eigenvalue weighted by Gasteiger charge is 2.36. The number of thiophene rings is 1. The van der Waals surface area contributed by atoms with Gasteiger partial charge in [0, 0.05) is 10.3 Å². The molecule has 4 heteroatoms. The van der Waals surface area contributed by atoms with Crippen LogP contribution in [0.2, 0.25) is 0 Å². The summed E-state index contributed by atoms with van der Waals surface area (Å²) in [5.74, 6) is 0. The third-order valence-electron chi connectivity index (χ3n) is 3.21. The molecule has 0 radical (unpaired) electrons. The number of nitrogens with zero attached hydrogens (tertiary/aromatic N) is 1. The van der Waals surface area contributed by atoms with Crippen LogP contribution in [0.5, 0.6) is 0 Å². The van der Waals surface area contributed by atoms with Gasteiger partial charge in [0.15, 0.2) is 0 Å². The van der Waals surface area contributed by atoms with E-state index in [2.05, 4.69) is 6.07 Å². The van der Waals surface area contributed by atoms with Gasteiger partial charge in [-0.3, -0.25) is 0 Å². The first-order valence-electron chi connectivity index (χ1n) is 6.05. The number of anilines is 1. The Bertz CT molecular complexity index is 433. The lowest BCUT2D eigenvalue weighted by molar-refractivity contribution is 0.189. The number of hydrogen-bond acceptors (Lipinski definition) is 4. The Morgan fingerprint density at radius 3 is 2.71 bits per heavy atom. The molecule has 0 fully saturated rings. The highest BCUT2D eigenvalue weighted by atomic mass is 32.1. The lowest BCUT2D eigenvalue weighted by atomic mass is 9.73. The summed E-state index contributed by atoms with van der Waals surface area (Å²) in [6.45, 7) is 6.10. The molecule has 0 aromatic carbocycles. The molecule has 3 N–H and O–H groups in total. The maximum absolute atomic E-state index is 9.48. The van der Waals surface area contributed by atoms with Gasteiger partial charge in [0.2, 0.25) is 0 Å². The van der Waals surface area contributed by atoms with Crippen molar-refractivity contribution in [2.45, 2.75) is 45.4 Å². The Balaban J connectivity index is 0.000000686. The number of aliphatic hydroxyl groups is 1. The number of rotatable bonds is 1. The lowest BCUT2D eigenvalue weighted by Crippen LogP contribution is -2.31. The molecule has 0 aliphatic heterocycles. The summed E-state index contributed by atoms with van der Waals surface area (Å²) in [7, 11) is 0. The van der Waals surface area contributed by atoms with Crippen LogP contribution >= 0.6 is 11.3 Å². The standard InChI is InChI=1S/C11H14N2OS.C2H6/c1-11(6-14)4-2-3-8-9(11)7(5-12)10(13)15-8;1-2/h14H,2-4,6,13H2,1H3;1-2H3. The van der Waals surface area contributed by atoms with E-state index in [-0.39, 0.29) is 12.0 Å². The highest BCUT2D eigenvalue weighted by Crippen LogP contribution is 2.45. The van der Waals surface area contributed by atoms with E-state index < -0.39 is 0 Å². The van der Waals surface area contributed by atoms with Crippen LogP contribution in [0, 0.1) is 11.3 Å². The molecule has 1 aliphatic carbocycles. The molecular weight excluding hydrogens is 232 g/mol. The van der Waals surface area contributed by atoms with Crippen molar-refractivity contribution in [2.75, 3.05) is 12.3 Å². The lowest BCUT2D eigenvalue weighted by Gasteiger charge is -2.32. The van der Waals surface area contributed by atoms with Crippen LogP contribution in [0.25, 0.3) is 0 Å². The van der Waals surface area contributed by atoms with Crippen molar-refractivity contribution >= 4 is 16.3 Å². The first-order valence-corrected chi connectivity index (χ1v) is 6.86. The van der Waals surface area contributed by atoms with E-state index >= 15 is 0 Å². The smallest absolute Gasteiger partial charge is 0.104 e. The number of nitriles is 1. The van der Waals surface area contributed by atoms with Gasteiger partial charge in [0.25, 0.3) is 0 Å². The number of nitrogen functional groups attached to an aromatic ring is 1. The molecule has 1 aromatic rings. The quantitative estimate of drug-likeness (QED) is 0.807. The normalized spacial score (nSPS) is 22.1. The van der Waals surface area contributed by atoms with Crippen LogP contribution < -0.4 is 5.73 Å². The minimum Gasteiger partial charge on any atom is -0.395 e. The van der Waals surface area contributed by atoms with Gasteiger partial charge in [-0.25, -0.2) is 0 Å². The van der Waals surface area contributed by atoms with Gasteiger partial charge in [-0.05, 0) is 24.8 Å². The molecule has 1 aromatic heterocycles. The van der Waals surface area contributed by atoms with Crippen molar-refractivity contribution in [3.05, 3.63) is 16.0 Å². The van der Waals surface area contributed by atoms with Crippen LogP contribution in [0.1, 0.15) is 49.6 Å². The summed E-state index contributed by atoms with van der Waals surface area (Å²) in [6.07, 6.45) is 2.98. The van der Waals surface area contributed by atoms with Crippen molar-refractivity contribution in [3.8, 4) is 6.07 Å². The van der Waals surface area contributed by atoms with E-state index in [1.807, 2.05) is 20.8 Å². The number of hydrogen-bond donors (Lipinski definition) is 2. The van der Waals surface area contributed by atoms with E-state index in [0.29, 0.717) is 10.6 Å². The van der Waals surface area contributed by atoms with Gasteiger partial charge in [-0.2, -0.15) is 5.26 Å². The molecule has 1 atom stereocenters. The fraction of sp³-hybridized carbons (Fsp3) is 0.615. The number of nitrogens with two attached hydrogens (primary N) is 1. The van der Waals surface area contributed by atoms with Crippen LogP contribution in [0.4, 0.5) is 5.00 Å². The van der Waals surface area contributed by atoms with E-state index in [9.17, 15) is 5.11 Å². The molecule has 1 aliphatic rings. The maximum Gasteiger partial charge on any atom is 0.104 e. The van der Waals surface area contributed by atoms with E-state index in [0.717, 1.165) is 24.8 Å². The topological polar surface area (TPSA) is 70.0 Å². The molecule has 0 saturated carbocycles. The molecule has 3 nitrogen and oxygen atoms in total. The number of aliphatic hydroxyl groups excluding tert-OH is 1.